The highest BCUT2D eigenvalue weighted by atomic mass is 79.9. The largest absolute Gasteiger partial charge is 0.372 e. The lowest BCUT2D eigenvalue weighted by Crippen LogP contribution is -2.27. The van der Waals surface area contributed by atoms with E-state index in [-0.39, 0.29) is 10.9 Å². The zero-order valence-electron chi connectivity index (χ0n) is 11.7. The van der Waals surface area contributed by atoms with Gasteiger partial charge in [-0.3, -0.25) is 0 Å². The van der Waals surface area contributed by atoms with Crippen molar-refractivity contribution in [3.8, 4) is 0 Å². The first-order chi connectivity index (χ1) is 9.94. The molecule has 1 heterocycles. The normalized spacial score (nSPS) is 12.9. The summed E-state index contributed by atoms with van der Waals surface area (Å²) in [5.74, 6) is 0.311. The predicted octanol–water partition coefficient (Wildman–Crippen LogP) is 2.93. The number of rotatable bonds is 5. The molecule has 0 bridgehead atoms. The number of nitrogens with one attached hydrogen (secondary N) is 2. The van der Waals surface area contributed by atoms with Crippen molar-refractivity contribution in [1.82, 2.24) is 9.71 Å². The fraction of sp³-hybridized carbons (Fsp3) is 0.214. The van der Waals surface area contributed by atoms with Gasteiger partial charge in [-0.15, -0.1) is 0 Å². The molecule has 0 saturated carbocycles. The van der Waals surface area contributed by atoms with Crippen molar-refractivity contribution in [2.24, 2.45) is 0 Å². The summed E-state index contributed by atoms with van der Waals surface area (Å²) in [4.78, 5) is 4.18. The SMILES string of the molecule is CNc1ncc(Br)cc1S(=O)(=O)NC(C)c1ccccc1. The maximum atomic E-state index is 12.5. The molecule has 0 aliphatic heterocycles. The fourth-order valence-corrected chi connectivity index (χ4v) is 3.82. The van der Waals surface area contributed by atoms with Crippen LogP contribution < -0.4 is 10.0 Å². The molecule has 2 aromatic rings. The second-order valence-electron chi connectivity index (χ2n) is 4.50. The van der Waals surface area contributed by atoms with E-state index in [0.29, 0.717) is 10.3 Å². The Labute approximate surface area is 133 Å². The van der Waals surface area contributed by atoms with E-state index in [2.05, 4.69) is 31.0 Å². The van der Waals surface area contributed by atoms with Gasteiger partial charge in [-0.2, -0.15) is 0 Å². The molecule has 7 heteroatoms. The lowest BCUT2D eigenvalue weighted by Gasteiger charge is -2.16. The Bertz CT molecular complexity index is 720. The average molecular weight is 370 g/mol. The van der Waals surface area contributed by atoms with Crippen LogP contribution in [0.1, 0.15) is 18.5 Å². The quantitative estimate of drug-likeness (QED) is 0.849. The van der Waals surface area contributed by atoms with E-state index >= 15 is 0 Å². The standard InChI is InChI=1S/C14H16BrN3O2S/c1-10(11-6-4-3-5-7-11)18-21(19,20)13-8-12(15)9-17-14(13)16-2/h3-10,18H,1-2H3,(H,16,17). The number of nitrogens with zero attached hydrogens (tertiary/aromatic N) is 1. The molecular weight excluding hydrogens is 354 g/mol. The highest BCUT2D eigenvalue weighted by molar-refractivity contribution is 9.10. The lowest BCUT2D eigenvalue weighted by molar-refractivity contribution is 0.567. The molecule has 0 saturated heterocycles. The third-order valence-corrected chi connectivity index (χ3v) is 4.96. The Hall–Kier alpha value is -1.44. The monoisotopic (exact) mass is 369 g/mol. The smallest absolute Gasteiger partial charge is 0.244 e. The van der Waals surface area contributed by atoms with Gasteiger partial charge in [0, 0.05) is 23.8 Å². The molecule has 2 rings (SSSR count). The first kappa shape index (κ1) is 15.9. The van der Waals surface area contributed by atoms with E-state index in [4.69, 9.17) is 0 Å². The predicted molar refractivity (Wildman–Crippen MR) is 86.7 cm³/mol. The summed E-state index contributed by atoms with van der Waals surface area (Å²) < 4.78 is 28.3. The van der Waals surface area contributed by atoms with Gasteiger partial charge in [0.1, 0.15) is 10.7 Å². The summed E-state index contributed by atoms with van der Waals surface area (Å²) in [6, 6.07) is 10.6. The van der Waals surface area contributed by atoms with Gasteiger partial charge in [0.05, 0.1) is 0 Å². The summed E-state index contributed by atoms with van der Waals surface area (Å²) in [7, 11) is -2.04. The first-order valence-corrected chi connectivity index (χ1v) is 8.62. The van der Waals surface area contributed by atoms with Crippen molar-refractivity contribution in [2.45, 2.75) is 17.9 Å². The fourth-order valence-electron chi connectivity index (χ4n) is 1.92. The summed E-state index contributed by atoms with van der Waals surface area (Å²) in [6.45, 7) is 1.80. The number of hydrogen-bond donors (Lipinski definition) is 2. The van der Waals surface area contributed by atoms with Crippen molar-refractivity contribution < 1.29 is 8.42 Å². The van der Waals surface area contributed by atoms with Gasteiger partial charge < -0.3 is 5.32 Å². The molecule has 0 aliphatic rings. The summed E-state index contributed by atoms with van der Waals surface area (Å²) in [5, 5.41) is 2.79. The Balaban J connectivity index is 2.33. The van der Waals surface area contributed by atoms with Crippen LogP contribution >= 0.6 is 15.9 Å². The summed E-state index contributed by atoms with van der Waals surface area (Å²) in [5.41, 5.74) is 0.898. The molecule has 1 aromatic heterocycles. The minimum atomic E-state index is -3.68. The highest BCUT2D eigenvalue weighted by Gasteiger charge is 2.22. The van der Waals surface area contributed by atoms with Crippen LogP contribution in [-0.2, 0) is 10.0 Å². The van der Waals surface area contributed by atoms with Crippen molar-refractivity contribution in [1.29, 1.82) is 0 Å². The molecule has 112 valence electrons. The highest BCUT2D eigenvalue weighted by Crippen LogP contribution is 2.24. The molecule has 21 heavy (non-hydrogen) atoms. The maximum Gasteiger partial charge on any atom is 0.244 e. The second-order valence-corrected chi connectivity index (χ2v) is 7.10. The molecular formula is C14H16BrN3O2S. The molecule has 0 amide bonds. The van der Waals surface area contributed by atoms with Crippen LogP contribution in [0.2, 0.25) is 0 Å². The van der Waals surface area contributed by atoms with Crippen LogP contribution in [0.25, 0.3) is 0 Å². The molecule has 0 fully saturated rings. The summed E-state index contributed by atoms with van der Waals surface area (Å²) in [6.07, 6.45) is 1.55. The Morgan fingerprint density at radius 2 is 1.90 bits per heavy atom. The number of sulfonamides is 1. The van der Waals surface area contributed by atoms with Crippen LogP contribution in [0.4, 0.5) is 5.82 Å². The van der Waals surface area contributed by atoms with Gasteiger partial charge in [0.15, 0.2) is 0 Å². The van der Waals surface area contributed by atoms with Gasteiger partial charge in [0.25, 0.3) is 0 Å². The maximum absolute atomic E-state index is 12.5. The van der Waals surface area contributed by atoms with Crippen molar-refractivity contribution in [2.75, 3.05) is 12.4 Å². The Morgan fingerprint density at radius 3 is 2.52 bits per heavy atom. The average Bonchev–Trinajstić information content (AvgIpc) is 2.47. The molecule has 1 atom stereocenters. The number of pyridine rings is 1. The van der Waals surface area contributed by atoms with Crippen LogP contribution in [0.15, 0.2) is 52.0 Å². The zero-order chi connectivity index (χ0) is 15.5. The van der Waals surface area contributed by atoms with Gasteiger partial charge in [-0.25, -0.2) is 18.1 Å². The molecule has 5 nitrogen and oxygen atoms in total. The zero-order valence-corrected chi connectivity index (χ0v) is 14.1. The number of anilines is 1. The van der Waals surface area contributed by atoms with Crippen molar-refractivity contribution in [3.05, 3.63) is 52.6 Å². The molecule has 0 radical (unpaired) electrons. The number of hydrogen-bond acceptors (Lipinski definition) is 4. The van der Waals surface area contributed by atoms with Crippen LogP contribution in [0.3, 0.4) is 0 Å². The minimum Gasteiger partial charge on any atom is -0.372 e. The number of benzene rings is 1. The number of halogens is 1. The lowest BCUT2D eigenvalue weighted by atomic mass is 10.1. The van der Waals surface area contributed by atoms with Gasteiger partial charge in [-0.1, -0.05) is 30.3 Å². The van der Waals surface area contributed by atoms with E-state index in [1.54, 1.807) is 20.2 Å². The van der Waals surface area contributed by atoms with E-state index in [1.165, 1.54) is 6.07 Å². The van der Waals surface area contributed by atoms with Gasteiger partial charge in [0.2, 0.25) is 10.0 Å². The van der Waals surface area contributed by atoms with E-state index in [9.17, 15) is 8.42 Å². The van der Waals surface area contributed by atoms with Crippen molar-refractivity contribution >= 4 is 31.8 Å². The third kappa shape index (κ3) is 3.81. The molecule has 1 unspecified atom stereocenters. The Kier molecular flexibility index (Phi) is 4.97. The van der Waals surface area contributed by atoms with E-state index in [0.717, 1.165) is 5.56 Å². The van der Waals surface area contributed by atoms with E-state index in [1.807, 2.05) is 30.3 Å². The molecule has 1 aromatic carbocycles. The minimum absolute atomic E-state index is 0.113. The van der Waals surface area contributed by atoms with Crippen molar-refractivity contribution in [3.63, 3.8) is 0 Å². The summed E-state index contributed by atoms with van der Waals surface area (Å²) >= 11 is 3.25. The third-order valence-electron chi connectivity index (χ3n) is 2.98. The molecule has 2 N–H and O–H groups in total. The number of aromatic nitrogens is 1. The molecule has 0 spiro atoms. The van der Waals surface area contributed by atoms with Gasteiger partial charge in [-0.05, 0) is 34.5 Å². The van der Waals surface area contributed by atoms with Crippen LogP contribution in [0, 0.1) is 0 Å². The van der Waals surface area contributed by atoms with Crippen LogP contribution in [0.5, 0.6) is 0 Å². The van der Waals surface area contributed by atoms with E-state index < -0.39 is 10.0 Å². The first-order valence-electron chi connectivity index (χ1n) is 6.34. The molecule has 0 aliphatic carbocycles. The topological polar surface area (TPSA) is 71.1 Å². The van der Waals surface area contributed by atoms with Crippen LogP contribution in [-0.4, -0.2) is 20.4 Å². The second kappa shape index (κ2) is 6.55. The Morgan fingerprint density at radius 1 is 1.24 bits per heavy atom. The van der Waals surface area contributed by atoms with Gasteiger partial charge >= 0.3 is 0 Å².